The van der Waals surface area contributed by atoms with Gasteiger partial charge in [-0.1, -0.05) is 12.2 Å². The van der Waals surface area contributed by atoms with Gasteiger partial charge >= 0.3 is 0 Å². The van der Waals surface area contributed by atoms with E-state index in [2.05, 4.69) is 4.90 Å². The molecular weight excluding hydrogens is 270 g/mol. The molecule has 0 aromatic rings. The summed E-state index contributed by atoms with van der Waals surface area (Å²) in [4.78, 5) is 2.94. The van der Waals surface area contributed by atoms with E-state index in [1.165, 1.54) is 19.1 Å². The highest BCUT2D eigenvalue weighted by molar-refractivity contribution is 7.88. The van der Waals surface area contributed by atoms with Gasteiger partial charge in [-0.15, -0.1) is 0 Å². The van der Waals surface area contributed by atoms with Gasteiger partial charge in [-0.05, 0) is 18.3 Å². The predicted molar refractivity (Wildman–Crippen MR) is 75.9 cm³/mol. The Morgan fingerprint density at radius 1 is 1.28 bits per heavy atom. The SMILES string of the molecule is CS(=O)(=O)N1CCN(CC2(CC(N)=S)CC2)CC1. The molecule has 2 rings (SSSR count). The molecule has 0 bridgehead atoms. The van der Waals surface area contributed by atoms with Crippen LogP contribution in [0.5, 0.6) is 0 Å². The number of nitrogens with zero attached hydrogens (tertiary/aromatic N) is 2. The molecule has 0 atom stereocenters. The van der Waals surface area contributed by atoms with E-state index in [1.54, 1.807) is 4.31 Å². The van der Waals surface area contributed by atoms with E-state index in [1.807, 2.05) is 0 Å². The number of rotatable bonds is 5. The van der Waals surface area contributed by atoms with Crippen molar-refractivity contribution >= 4 is 27.2 Å². The van der Waals surface area contributed by atoms with Gasteiger partial charge in [0.05, 0.1) is 11.2 Å². The molecule has 1 aliphatic carbocycles. The average molecular weight is 291 g/mol. The highest BCUT2D eigenvalue weighted by atomic mass is 32.2. The van der Waals surface area contributed by atoms with Gasteiger partial charge in [-0.25, -0.2) is 8.42 Å². The van der Waals surface area contributed by atoms with Crippen LogP contribution in [0.2, 0.25) is 0 Å². The Hall–Kier alpha value is -0.240. The van der Waals surface area contributed by atoms with Crippen LogP contribution in [0.25, 0.3) is 0 Å². The van der Waals surface area contributed by atoms with E-state index in [9.17, 15) is 8.42 Å². The average Bonchev–Trinajstić information content (AvgIpc) is 2.96. The van der Waals surface area contributed by atoms with Gasteiger partial charge in [-0.3, -0.25) is 0 Å². The van der Waals surface area contributed by atoms with Crippen molar-refractivity contribution < 1.29 is 8.42 Å². The second-order valence-electron chi connectivity index (χ2n) is 5.58. The van der Waals surface area contributed by atoms with Crippen LogP contribution < -0.4 is 5.73 Å². The van der Waals surface area contributed by atoms with Crippen LogP contribution in [0.1, 0.15) is 19.3 Å². The summed E-state index contributed by atoms with van der Waals surface area (Å²) >= 11 is 4.99. The Kier molecular flexibility index (Phi) is 3.96. The summed E-state index contributed by atoms with van der Waals surface area (Å²) in [5, 5.41) is 0. The lowest BCUT2D eigenvalue weighted by atomic mass is 10.0. The zero-order valence-electron chi connectivity index (χ0n) is 10.8. The molecule has 0 unspecified atom stereocenters. The molecule has 0 aromatic heterocycles. The molecule has 2 N–H and O–H groups in total. The molecule has 1 aliphatic heterocycles. The number of nitrogens with two attached hydrogens (primary N) is 1. The number of sulfonamides is 1. The quantitative estimate of drug-likeness (QED) is 0.723. The summed E-state index contributed by atoms with van der Waals surface area (Å²) in [5.74, 6) is 0. The van der Waals surface area contributed by atoms with Gasteiger partial charge in [0.2, 0.25) is 10.0 Å². The minimum absolute atomic E-state index is 0.291. The lowest BCUT2D eigenvalue weighted by Gasteiger charge is -2.35. The van der Waals surface area contributed by atoms with Crippen LogP contribution in [-0.4, -0.2) is 61.6 Å². The lowest BCUT2D eigenvalue weighted by molar-refractivity contribution is 0.160. The van der Waals surface area contributed by atoms with E-state index in [-0.39, 0.29) is 0 Å². The molecule has 0 spiro atoms. The first kappa shape index (κ1) is 14.2. The van der Waals surface area contributed by atoms with E-state index >= 15 is 0 Å². The fourth-order valence-corrected chi connectivity index (χ4v) is 3.76. The fraction of sp³-hybridized carbons (Fsp3) is 0.909. The summed E-state index contributed by atoms with van der Waals surface area (Å²) in [6, 6.07) is 0. The third-order valence-electron chi connectivity index (χ3n) is 3.87. The maximum atomic E-state index is 11.4. The lowest BCUT2D eigenvalue weighted by Crippen LogP contribution is -2.49. The molecule has 1 heterocycles. The van der Waals surface area contributed by atoms with Gasteiger partial charge in [0.1, 0.15) is 0 Å². The van der Waals surface area contributed by atoms with Crippen molar-refractivity contribution in [2.75, 3.05) is 39.0 Å². The zero-order chi connectivity index (χ0) is 13.4. The van der Waals surface area contributed by atoms with Crippen LogP contribution in [0, 0.1) is 5.41 Å². The van der Waals surface area contributed by atoms with Crippen molar-refractivity contribution in [3.05, 3.63) is 0 Å². The topological polar surface area (TPSA) is 66.6 Å². The molecule has 18 heavy (non-hydrogen) atoms. The number of thiocarbonyl (C=S) groups is 1. The first-order chi connectivity index (χ1) is 8.31. The number of piperazine rings is 1. The van der Waals surface area contributed by atoms with Crippen molar-refractivity contribution in [1.82, 2.24) is 9.21 Å². The van der Waals surface area contributed by atoms with Gasteiger partial charge in [0.15, 0.2) is 0 Å². The molecule has 0 amide bonds. The molecule has 104 valence electrons. The maximum absolute atomic E-state index is 11.4. The first-order valence-corrected chi connectivity index (χ1v) is 8.52. The van der Waals surface area contributed by atoms with Gasteiger partial charge in [-0.2, -0.15) is 4.31 Å². The third-order valence-corrected chi connectivity index (χ3v) is 5.31. The fourth-order valence-electron chi connectivity index (χ4n) is 2.63. The number of hydrogen-bond donors (Lipinski definition) is 1. The summed E-state index contributed by atoms with van der Waals surface area (Å²) in [6.45, 7) is 3.82. The summed E-state index contributed by atoms with van der Waals surface area (Å²) < 4.78 is 24.4. The Balaban J connectivity index is 1.82. The van der Waals surface area contributed by atoms with E-state index in [4.69, 9.17) is 18.0 Å². The van der Waals surface area contributed by atoms with Gasteiger partial charge in [0, 0.05) is 39.1 Å². The molecule has 2 fully saturated rings. The second kappa shape index (κ2) is 5.03. The summed E-state index contributed by atoms with van der Waals surface area (Å²) in [6.07, 6.45) is 4.49. The van der Waals surface area contributed by atoms with Crippen molar-refractivity contribution in [3.8, 4) is 0 Å². The molecular formula is C11H21N3O2S2. The second-order valence-corrected chi connectivity index (χ2v) is 8.09. The standard InChI is InChI=1S/C11H21N3O2S2/c1-18(15,16)14-6-4-13(5-7-14)9-11(2-3-11)8-10(12)17/h2-9H2,1H3,(H2,12,17). The molecule has 5 nitrogen and oxygen atoms in total. The predicted octanol–water partition coefficient (Wildman–Crippen LogP) is 0.0200. The summed E-state index contributed by atoms with van der Waals surface area (Å²) in [5.41, 5.74) is 5.92. The van der Waals surface area contributed by atoms with E-state index < -0.39 is 10.0 Å². The molecule has 0 aromatic carbocycles. The molecule has 0 radical (unpaired) electrons. The van der Waals surface area contributed by atoms with Crippen LogP contribution in [0.3, 0.4) is 0 Å². The Bertz CT molecular complexity index is 424. The van der Waals surface area contributed by atoms with Crippen molar-refractivity contribution in [1.29, 1.82) is 0 Å². The first-order valence-electron chi connectivity index (χ1n) is 6.27. The third kappa shape index (κ3) is 3.63. The number of hydrogen-bond acceptors (Lipinski definition) is 4. The molecule has 7 heteroatoms. The van der Waals surface area contributed by atoms with E-state index in [0.29, 0.717) is 23.5 Å². The molecule has 2 aliphatic rings. The highest BCUT2D eigenvalue weighted by Gasteiger charge is 2.44. The highest BCUT2D eigenvalue weighted by Crippen LogP contribution is 2.49. The maximum Gasteiger partial charge on any atom is 0.211 e. The van der Waals surface area contributed by atoms with E-state index in [0.717, 1.165) is 26.1 Å². The van der Waals surface area contributed by atoms with Gasteiger partial charge in [0.25, 0.3) is 0 Å². The summed E-state index contributed by atoms with van der Waals surface area (Å²) in [7, 11) is -3.03. The van der Waals surface area contributed by atoms with Crippen LogP contribution in [0.15, 0.2) is 0 Å². The monoisotopic (exact) mass is 291 g/mol. The molecule has 1 saturated heterocycles. The normalized spacial score (nSPS) is 24.9. The van der Waals surface area contributed by atoms with Crippen molar-refractivity contribution in [3.63, 3.8) is 0 Å². The minimum atomic E-state index is -3.03. The Labute approximate surface area is 114 Å². The zero-order valence-corrected chi connectivity index (χ0v) is 12.4. The Morgan fingerprint density at radius 3 is 2.22 bits per heavy atom. The van der Waals surface area contributed by atoms with Crippen LogP contribution in [0.4, 0.5) is 0 Å². The van der Waals surface area contributed by atoms with Crippen molar-refractivity contribution in [2.45, 2.75) is 19.3 Å². The van der Waals surface area contributed by atoms with Gasteiger partial charge < -0.3 is 10.6 Å². The minimum Gasteiger partial charge on any atom is -0.393 e. The largest absolute Gasteiger partial charge is 0.393 e. The van der Waals surface area contributed by atoms with Crippen LogP contribution >= 0.6 is 12.2 Å². The smallest absolute Gasteiger partial charge is 0.211 e. The molecule has 1 saturated carbocycles. The Morgan fingerprint density at radius 2 is 1.83 bits per heavy atom. The van der Waals surface area contributed by atoms with Crippen LogP contribution in [-0.2, 0) is 10.0 Å². The van der Waals surface area contributed by atoms with Crippen molar-refractivity contribution in [2.24, 2.45) is 11.1 Å².